The smallest absolute Gasteiger partial charge is 0.142 e. The van der Waals surface area contributed by atoms with Crippen LogP contribution in [0.15, 0.2) is 66.9 Å². The van der Waals surface area contributed by atoms with Crippen molar-refractivity contribution in [3.63, 3.8) is 0 Å². The molecule has 0 unspecified atom stereocenters. The van der Waals surface area contributed by atoms with E-state index in [9.17, 15) is 4.39 Å². The summed E-state index contributed by atoms with van der Waals surface area (Å²) < 4.78 is 16.3. The second-order valence-electron chi connectivity index (χ2n) is 7.48. The molecule has 5 rings (SSSR count). The maximum absolute atomic E-state index is 14.2. The van der Waals surface area contributed by atoms with Crippen molar-refractivity contribution in [3.05, 3.63) is 88.8 Å². The van der Waals surface area contributed by atoms with Crippen LogP contribution in [0.2, 0.25) is 5.02 Å². The highest BCUT2D eigenvalue weighted by atomic mass is 35.5. The Morgan fingerprint density at radius 1 is 1.00 bits per heavy atom. The van der Waals surface area contributed by atoms with Crippen LogP contribution < -0.4 is 5.32 Å². The highest BCUT2D eigenvalue weighted by molar-refractivity contribution is 6.34. The van der Waals surface area contributed by atoms with Crippen molar-refractivity contribution in [2.45, 2.75) is 12.8 Å². The van der Waals surface area contributed by atoms with Gasteiger partial charge in [0.1, 0.15) is 5.82 Å². The van der Waals surface area contributed by atoms with Crippen LogP contribution in [-0.4, -0.2) is 17.7 Å². The van der Waals surface area contributed by atoms with Crippen LogP contribution in [-0.2, 0) is 0 Å². The van der Waals surface area contributed by atoms with Gasteiger partial charge in [-0.15, -0.1) is 0 Å². The van der Waals surface area contributed by atoms with Gasteiger partial charge in [0.15, 0.2) is 0 Å². The van der Waals surface area contributed by atoms with E-state index in [0.717, 1.165) is 40.8 Å². The highest BCUT2D eigenvalue weighted by Crippen LogP contribution is 2.38. The first kappa shape index (κ1) is 17.5. The van der Waals surface area contributed by atoms with E-state index in [1.165, 1.54) is 17.2 Å². The number of aromatic nitrogens is 1. The predicted octanol–water partition coefficient (Wildman–Crippen LogP) is 6.09. The molecule has 0 spiro atoms. The number of nitrogens with one attached hydrogen (secondary N) is 1. The van der Waals surface area contributed by atoms with Crippen molar-refractivity contribution < 1.29 is 4.39 Å². The lowest BCUT2D eigenvalue weighted by Crippen LogP contribution is -2.39. The summed E-state index contributed by atoms with van der Waals surface area (Å²) in [6.45, 7) is 4.08. The van der Waals surface area contributed by atoms with E-state index in [0.29, 0.717) is 5.92 Å². The molecule has 0 bridgehead atoms. The molecule has 1 N–H and O–H groups in total. The number of hydrogen-bond acceptors (Lipinski definition) is 1. The molecule has 4 heteroatoms. The van der Waals surface area contributed by atoms with Crippen LogP contribution >= 0.6 is 11.6 Å². The Morgan fingerprint density at radius 3 is 2.50 bits per heavy atom. The maximum Gasteiger partial charge on any atom is 0.142 e. The Labute approximate surface area is 168 Å². The molecule has 1 fully saturated rings. The highest BCUT2D eigenvalue weighted by Gasteiger charge is 2.21. The molecular weight excluding hydrogens is 371 g/mol. The summed E-state index contributed by atoms with van der Waals surface area (Å²) in [7, 11) is 0. The lowest BCUT2D eigenvalue weighted by Gasteiger charge is -2.27. The molecule has 140 valence electrons. The van der Waals surface area contributed by atoms with Crippen LogP contribution in [0, 0.1) is 12.7 Å². The molecule has 0 radical (unpaired) electrons. The lowest BCUT2D eigenvalue weighted by atomic mass is 9.92. The minimum Gasteiger partial charge on any atom is -0.316 e. The van der Waals surface area contributed by atoms with Crippen LogP contribution in [0.1, 0.15) is 17.0 Å². The van der Waals surface area contributed by atoms with Gasteiger partial charge in [-0.25, -0.2) is 4.39 Å². The minimum atomic E-state index is -0.394. The quantitative estimate of drug-likeness (QED) is 0.448. The molecule has 1 aromatic heterocycles. The van der Waals surface area contributed by atoms with Gasteiger partial charge in [0.05, 0.1) is 10.5 Å². The van der Waals surface area contributed by atoms with Gasteiger partial charge in [-0.1, -0.05) is 47.5 Å². The largest absolute Gasteiger partial charge is 0.316 e. The maximum atomic E-state index is 14.2. The Balaban J connectivity index is 1.77. The van der Waals surface area contributed by atoms with Crippen molar-refractivity contribution in [1.82, 2.24) is 9.88 Å². The fourth-order valence-electron chi connectivity index (χ4n) is 3.87. The fourth-order valence-corrected chi connectivity index (χ4v) is 4.10. The van der Waals surface area contributed by atoms with E-state index in [1.54, 1.807) is 6.07 Å². The number of halogens is 2. The summed E-state index contributed by atoms with van der Waals surface area (Å²) in [5.41, 5.74) is 6.37. The number of aryl methyl sites for hydroxylation is 1. The average Bonchev–Trinajstić information content (AvgIpc) is 3.02. The summed E-state index contributed by atoms with van der Waals surface area (Å²) in [5.74, 6) is 0.137. The third-order valence-electron chi connectivity index (χ3n) is 5.64. The Bertz CT molecular complexity index is 1170. The number of hydrogen-bond donors (Lipinski definition) is 1. The first-order valence-electron chi connectivity index (χ1n) is 9.49. The Hall–Kier alpha value is -2.62. The minimum absolute atomic E-state index is 0.168. The Kier molecular flexibility index (Phi) is 4.22. The summed E-state index contributed by atoms with van der Waals surface area (Å²) in [5, 5.41) is 4.59. The first-order valence-corrected chi connectivity index (χ1v) is 9.87. The summed E-state index contributed by atoms with van der Waals surface area (Å²) in [6.07, 6.45) is 2.07. The van der Waals surface area contributed by atoms with E-state index in [4.69, 9.17) is 11.6 Å². The first-order chi connectivity index (χ1) is 13.6. The van der Waals surface area contributed by atoms with E-state index in [-0.39, 0.29) is 5.02 Å². The second-order valence-corrected chi connectivity index (χ2v) is 7.86. The molecule has 2 nitrogen and oxygen atoms in total. The van der Waals surface area contributed by atoms with Crippen molar-refractivity contribution in [2.24, 2.45) is 0 Å². The third-order valence-corrected chi connectivity index (χ3v) is 6.02. The van der Waals surface area contributed by atoms with Gasteiger partial charge in [-0.2, -0.15) is 0 Å². The summed E-state index contributed by atoms with van der Waals surface area (Å²) in [4.78, 5) is 0. The van der Waals surface area contributed by atoms with Gasteiger partial charge in [-0.05, 0) is 42.8 Å². The predicted molar refractivity (Wildman–Crippen MR) is 114 cm³/mol. The van der Waals surface area contributed by atoms with Crippen LogP contribution in [0.3, 0.4) is 0 Å². The van der Waals surface area contributed by atoms with Crippen molar-refractivity contribution in [2.75, 3.05) is 13.1 Å². The molecule has 1 saturated heterocycles. The average molecular weight is 391 g/mol. The number of benzene rings is 3. The van der Waals surface area contributed by atoms with Gasteiger partial charge in [0, 0.05) is 47.4 Å². The summed E-state index contributed by atoms with van der Waals surface area (Å²) in [6, 6.07) is 20.0. The van der Waals surface area contributed by atoms with Crippen molar-refractivity contribution >= 4 is 22.5 Å². The fraction of sp³-hybridized carbons (Fsp3) is 0.167. The second kappa shape index (κ2) is 6.77. The molecule has 3 aromatic carbocycles. The van der Waals surface area contributed by atoms with Gasteiger partial charge < -0.3 is 9.88 Å². The standard InChI is InChI=1S/C24H20ClFN2/c1-15-5-8-18(9-6-15)28-14-21(19-3-2-4-22(26)24(19)25)20-11-16(7-10-23(20)28)17-12-27-13-17/h2-11,14,17,27H,12-13H2,1H3. The molecule has 1 aliphatic heterocycles. The molecule has 0 aliphatic carbocycles. The van der Waals surface area contributed by atoms with Gasteiger partial charge in [-0.3, -0.25) is 0 Å². The number of rotatable bonds is 3. The SMILES string of the molecule is Cc1ccc(-n2cc(-c3cccc(F)c3Cl)c3cc(C4CNC4)ccc32)cc1. The molecule has 2 heterocycles. The monoisotopic (exact) mass is 390 g/mol. The van der Waals surface area contributed by atoms with Crippen LogP contribution in [0.5, 0.6) is 0 Å². The van der Waals surface area contributed by atoms with Gasteiger partial charge in [0.25, 0.3) is 0 Å². The van der Waals surface area contributed by atoms with Crippen molar-refractivity contribution in [3.8, 4) is 16.8 Å². The van der Waals surface area contributed by atoms with E-state index in [1.807, 2.05) is 6.07 Å². The van der Waals surface area contributed by atoms with E-state index < -0.39 is 5.82 Å². The number of fused-ring (bicyclic) bond motifs is 1. The molecule has 0 atom stereocenters. The van der Waals surface area contributed by atoms with Gasteiger partial charge >= 0.3 is 0 Å². The molecule has 0 amide bonds. The van der Waals surface area contributed by atoms with E-state index >= 15 is 0 Å². The van der Waals surface area contributed by atoms with Crippen molar-refractivity contribution in [1.29, 1.82) is 0 Å². The summed E-state index contributed by atoms with van der Waals surface area (Å²) >= 11 is 6.35. The lowest BCUT2D eigenvalue weighted by molar-refractivity contribution is 0.449. The van der Waals surface area contributed by atoms with Crippen LogP contribution in [0.4, 0.5) is 4.39 Å². The topological polar surface area (TPSA) is 17.0 Å². The third kappa shape index (κ3) is 2.83. The molecule has 0 saturated carbocycles. The molecule has 1 aliphatic rings. The van der Waals surface area contributed by atoms with E-state index in [2.05, 4.69) is 65.5 Å². The Morgan fingerprint density at radius 2 is 1.79 bits per heavy atom. The molecule has 28 heavy (non-hydrogen) atoms. The zero-order valence-electron chi connectivity index (χ0n) is 15.5. The normalized spacial score (nSPS) is 14.4. The van der Waals surface area contributed by atoms with Gasteiger partial charge in [0.2, 0.25) is 0 Å². The molecule has 4 aromatic rings. The van der Waals surface area contributed by atoms with Crippen LogP contribution in [0.25, 0.3) is 27.7 Å². The zero-order chi connectivity index (χ0) is 19.3. The molecular formula is C24H20ClFN2. The zero-order valence-corrected chi connectivity index (χ0v) is 16.3. The number of nitrogens with zero attached hydrogens (tertiary/aromatic N) is 1.